The Kier molecular flexibility index (Phi) is 3.73. The van der Waals surface area contributed by atoms with Crippen molar-refractivity contribution >= 4 is 6.29 Å². The van der Waals surface area contributed by atoms with E-state index in [0.717, 1.165) is 19.3 Å². The zero-order valence-electron chi connectivity index (χ0n) is 9.63. The van der Waals surface area contributed by atoms with E-state index in [4.69, 9.17) is 4.74 Å². The Hall–Kier alpha value is -1.15. The minimum atomic E-state index is 0.199. The van der Waals surface area contributed by atoms with Gasteiger partial charge < -0.3 is 9.53 Å². The predicted octanol–water partition coefficient (Wildman–Crippen LogP) is 2.67. The number of ether oxygens (including phenoxy) is 1. The molecular formula is C14H18O2. The maximum absolute atomic E-state index is 10.6. The van der Waals surface area contributed by atoms with Crippen molar-refractivity contribution in [3.05, 3.63) is 35.9 Å². The van der Waals surface area contributed by atoms with Gasteiger partial charge in [0.2, 0.25) is 0 Å². The van der Waals surface area contributed by atoms with Crippen LogP contribution in [-0.4, -0.2) is 12.9 Å². The smallest absolute Gasteiger partial charge is 0.123 e. The van der Waals surface area contributed by atoms with Crippen LogP contribution in [0.2, 0.25) is 0 Å². The molecule has 0 N–H and O–H groups in total. The van der Waals surface area contributed by atoms with Gasteiger partial charge in [0.1, 0.15) is 6.29 Å². The lowest BCUT2D eigenvalue weighted by Crippen LogP contribution is -2.04. The maximum Gasteiger partial charge on any atom is 0.123 e. The molecule has 2 nitrogen and oxygen atoms in total. The largest absolute Gasteiger partial charge is 0.376 e. The molecule has 0 heterocycles. The van der Waals surface area contributed by atoms with E-state index >= 15 is 0 Å². The molecule has 0 amide bonds. The van der Waals surface area contributed by atoms with Gasteiger partial charge >= 0.3 is 0 Å². The van der Waals surface area contributed by atoms with Crippen molar-refractivity contribution in [2.75, 3.05) is 6.61 Å². The fourth-order valence-electron chi connectivity index (χ4n) is 2.11. The Bertz CT molecular complexity index is 334. The van der Waals surface area contributed by atoms with Crippen molar-refractivity contribution in [1.82, 2.24) is 0 Å². The highest BCUT2D eigenvalue weighted by Gasteiger charge is 2.40. The second-order valence-electron chi connectivity index (χ2n) is 4.66. The van der Waals surface area contributed by atoms with Gasteiger partial charge in [0.25, 0.3) is 0 Å². The number of aldehydes is 1. The SMILES string of the molecule is C[C@@H](C=O)[C@H]1C[C@H]1COCc1ccccc1. The van der Waals surface area contributed by atoms with Crippen LogP contribution in [0.15, 0.2) is 30.3 Å². The molecule has 0 radical (unpaired) electrons. The summed E-state index contributed by atoms with van der Waals surface area (Å²) in [6.45, 7) is 3.46. The van der Waals surface area contributed by atoms with E-state index in [1.54, 1.807) is 0 Å². The molecular weight excluding hydrogens is 200 g/mol. The zero-order chi connectivity index (χ0) is 11.4. The molecule has 1 aliphatic rings. The van der Waals surface area contributed by atoms with E-state index < -0.39 is 0 Å². The third kappa shape index (κ3) is 2.92. The van der Waals surface area contributed by atoms with Gasteiger partial charge in [-0.15, -0.1) is 0 Å². The van der Waals surface area contributed by atoms with Gasteiger partial charge in [0, 0.05) is 5.92 Å². The van der Waals surface area contributed by atoms with Crippen molar-refractivity contribution in [1.29, 1.82) is 0 Å². The first kappa shape index (κ1) is 11.3. The highest BCUT2D eigenvalue weighted by molar-refractivity contribution is 5.54. The standard InChI is InChI=1S/C14H18O2/c1-11(8-15)14-7-13(14)10-16-9-12-5-3-2-4-6-12/h2-6,8,11,13-14H,7,9-10H2,1H3/t11-,13-,14+/m0/s1. The first-order valence-electron chi connectivity index (χ1n) is 5.88. The van der Waals surface area contributed by atoms with Crippen LogP contribution in [0.3, 0.4) is 0 Å². The topological polar surface area (TPSA) is 26.3 Å². The summed E-state index contributed by atoms with van der Waals surface area (Å²) in [6.07, 6.45) is 2.20. The molecule has 86 valence electrons. The minimum absolute atomic E-state index is 0.199. The molecule has 1 aromatic carbocycles. The number of benzene rings is 1. The molecule has 1 aromatic rings. The summed E-state index contributed by atoms with van der Waals surface area (Å²) in [7, 11) is 0. The van der Waals surface area contributed by atoms with E-state index in [1.165, 1.54) is 5.56 Å². The molecule has 2 heteroatoms. The lowest BCUT2D eigenvalue weighted by Gasteiger charge is -2.05. The molecule has 3 atom stereocenters. The number of rotatable bonds is 6. The average Bonchev–Trinajstić information content (AvgIpc) is 3.09. The quantitative estimate of drug-likeness (QED) is 0.686. The molecule has 2 rings (SSSR count). The van der Waals surface area contributed by atoms with E-state index in [2.05, 4.69) is 12.1 Å². The molecule has 1 fully saturated rings. The Morgan fingerprint density at radius 1 is 1.44 bits per heavy atom. The number of hydrogen-bond acceptors (Lipinski definition) is 2. The number of carbonyl (C=O) groups is 1. The van der Waals surface area contributed by atoms with E-state index in [9.17, 15) is 4.79 Å². The molecule has 0 spiro atoms. The second kappa shape index (κ2) is 5.26. The maximum atomic E-state index is 10.6. The van der Waals surface area contributed by atoms with Crippen LogP contribution in [0.5, 0.6) is 0 Å². The van der Waals surface area contributed by atoms with E-state index in [-0.39, 0.29) is 5.92 Å². The van der Waals surface area contributed by atoms with Gasteiger partial charge in [0.05, 0.1) is 13.2 Å². The normalized spacial score (nSPS) is 25.1. The van der Waals surface area contributed by atoms with Crippen molar-refractivity contribution in [2.45, 2.75) is 20.0 Å². The van der Waals surface area contributed by atoms with Crippen molar-refractivity contribution in [3.63, 3.8) is 0 Å². The summed E-state index contributed by atoms with van der Waals surface area (Å²) in [5.41, 5.74) is 1.21. The Morgan fingerprint density at radius 3 is 2.88 bits per heavy atom. The number of hydrogen-bond donors (Lipinski definition) is 0. The lowest BCUT2D eigenvalue weighted by molar-refractivity contribution is -0.111. The second-order valence-corrected chi connectivity index (χ2v) is 4.66. The third-order valence-electron chi connectivity index (χ3n) is 3.31. The molecule has 0 saturated heterocycles. The zero-order valence-corrected chi connectivity index (χ0v) is 9.63. The van der Waals surface area contributed by atoms with Gasteiger partial charge in [-0.3, -0.25) is 0 Å². The van der Waals surface area contributed by atoms with Gasteiger partial charge in [-0.2, -0.15) is 0 Å². The summed E-state index contributed by atoms with van der Waals surface area (Å²) in [4.78, 5) is 10.6. The molecule has 1 saturated carbocycles. The highest BCUT2D eigenvalue weighted by Crippen LogP contribution is 2.43. The Morgan fingerprint density at radius 2 is 2.19 bits per heavy atom. The van der Waals surface area contributed by atoms with Gasteiger partial charge in [-0.25, -0.2) is 0 Å². The van der Waals surface area contributed by atoms with Crippen molar-refractivity contribution < 1.29 is 9.53 Å². The molecule has 0 bridgehead atoms. The molecule has 0 aliphatic heterocycles. The first-order valence-corrected chi connectivity index (χ1v) is 5.88. The lowest BCUT2D eigenvalue weighted by atomic mass is 10.1. The van der Waals surface area contributed by atoms with Gasteiger partial charge in [-0.1, -0.05) is 37.3 Å². The predicted molar refractivity (Wildman–Crippen MR) is 62.9 cm³/mol. The molecule has 0 unspecified atom stereocenters. The molecule has 1 aliphatic carbocycles. The summed E-state index contributed by atoms with van der Waals surface area (Å²) in [5.74, 6) is 1.36. The van der Waals surface area contributed by atoms with Crippen LogP contribution >= 0.6 is 0 Å². The average molecular weight is 218 g/mol. The Balaban J connectivity index is 1.65. The fourth-order valence-corrected chi connectivity index (χ4v) is 2.11. The van der Waals surface area contributed by atoms with E-state index in [1.807, 2.05) is 25.1 Å². The summed E-state index contributed by atoms with van der Waals surface area (Å²) >= 11 is 0. The van der Waals surface area contributed by atoms with Crippen molar-refractivity contribution in [2.24, 2.45) is 17.8 Å². The molecule has 0 aromatic heterocycles. The van der Waals surface area contributed by atoms with E-state index in [0.29, 0.717) is 18.4 Å². The third-order valence-corrected chi connectivity index (χ3v) is 3.31. The van der Waals surface area contributed by atoms with Crippen LogP contribution in [0.4, 0.5) is 0 Å². The van der Waals surface area contributed by atoms with Gasteiger partial charge in [-0.05, 0) is 23.8 Å². The van der Waals surface area contributed by atoms with Crippen LogP contribution < -0.4 is 0 Å². The minimum Gasteiger partial charge on any atom is -0.376 e. The van der Waals surface area contributed by atoms with Gasteiger partial charge in [0.15, 0.2) is 0 Å². The number of carbonyl (C=O) groups excluding carboxylic acids is 1. The Labute approximate surface area is 96.6 Å². The monoisotopic (exact) mass is 218 g/mol. The first-order chi connectivity index (χ1) is 7.81. The fraction of sp³-hybridized carbons (Fsp3) is 0.500. The molecule has 16 heavy (non-hydrogen) atoms. The summed E-state index contributed by atoms with van der Waals surface area (Å²) < 4.78 is 5.65. The van der Waals surface area contributed by atoms with Crippen LogP contribution in [-0.2, 0) is 16.1 Å². The summed E-state index contributed by atoms with van der Waals surface area (Å²) in [6, 6.07) is 10.2. The van der Waals surface area contributed by atoms with Crippen LogP contribution in [0, 0.1) is 17.8 Å². The van der Waals surface area contributed by atoms with Crippen LogP contribution in [0.1, 0.15) is 18.9 Å². The van der Waals surface area contributed by atoms with Crippen molar-refractivity contribution in [3.8, 4) is 0 Å². The summed E-state index contributed by atoms with van der Waals surface area (Å²) in [5, 5.41) is 0. The van der Waals surface area contributed by atoms with Crippen LogP contribution in [0.25, 0.3) is 0 Å². The highest BCUT2D eigenvalue weighted by atomic mass is 16.5.